The van der Waals surface area contributed by atoms with E-state index in [2.05, 4.69) is 18.2 Å². The molecule has 0 aromatic heterocycles. The van der Waals surface area contributed by atoms with Crippen LogP contribution in [0.15, 0.2) is 48.5 Å². The van der Waals surface area contributed by atoms with Crippen molar-refractivity contribution in [2.45, 2.75) is 58.0 Å². The molecule has 1 amide bonds. The Hall–Kier alpha value is -2.61. The van der Waals surface area contributed by atoms with Crippen LogP contribution in [0.1, 0.15) is 78.2 Å². The second-order valence-corrected chi connectivity index (χ2v) is 12.2. The third kappa shape index (κ3) is 5.37. The number of quaternary nitrogens is 2. The van der Waals surface area contributed by atoms with Gasteiger partial charge < -0.3 is 0 Å². The standard InChI is InChI=1S/C27H31FN2O3S/c1-16-12-23(25(28)15-24(16)27(3,4)30-34(5,32)33)17(2)29-26(31)22-11-10-20-13-19(18-6-7-18)8-9-21(20)14-22/h8-15,17-18,30H,6-7H2,1-5H3,(H,29,31)/p+2/t17-/m0/s1. The van der Waals surface area contributed by atoms with Crippen LogP contribution < -0.4 is 10.0 Å². The van der Waals surface area contributed by atoms with Gasteiger partial charge in [-0.15, -0.1) is 0 Å². The second-order valence-electron chi connectivity index (χ2n) is 10.3. The van der Waals surface area contributed by atoms with Crippen LogP contribution in [-0.4, -0.2) is 20.6 Å². The molecule has 180 valence electrons. The molecule has 0 radical (unpaired) electrons. The van der Waals surface area contributed by atoms with Crippen LogP contribution in [-0.2, 0) is 15.6 Å². The quantitative estimate of drug-likeness (QED) is 0.539. The van der Waals surface area contributed by atoms with Crippen molar-refractivity contribution in [1.82, 2.24) is 0 Å². The summed E-state index contributed by atoms with van der Waals surface area (Å²) in [4.78, 5) is 13.0. The van der Waals surface area contributed by atoms with E-state index in [9.17, 15) is 13.2 Å². The van der Waals surface area contributed by atoms with Crippen molar-refractivity contribution in [2.75, 3.05) is 6.26 Å². The molecule has 0 bridgehead atoms. The maximum atomic E-state index is 15.1. The van der Waals surface area contributed by atoms with Gasteiger partial charge in [0.25, 0.3) is 10.0 Å². The minimum Gasteiger partial charge on any atom is -0.273 e. The fraction of sp³-hybridized carbons (Fsp3) is 0.370. The van der Waals surface area contributed by atoms with Gasteiger partial charge in [0.05, 0.1) is 11.8 Å². The van der Waals surface area contributed by atoms with Gasteiger partial charge in [-0.05, 0) is 92.6 Å². The van der Waals surface area contributed by atoms with Crippen molar-refractivity contribution in [3.8, 4) is 0 Å². The highest BCUT2D eigenvalue weighted by atomic mass is 32.2. The molecule has 7 heteroatoms. The van der Waals surface area contributed by atoms with Crippen LogP contribution in [0.25, 0.3) is 10.8 Å². The number of benzene rings is 3. The Morgan fingerprint density at radius 1 is 1.06 bits per heavy atom. The Bertz CT molecular complexity index is 1380. The molecule has 0 spiro atoms. The third-order valence-corrected chi connectivity index (χ3v) is 7.65. The number of primary amides is 1. The van der Waals surface area contributed by atoms with Crippen LogP contribution in [0, 0.1) is 12.7 Å². The maximum Gasteiger partial charge on any atom is 0.343 e. The molecule has 4 N–H and O–H groups in total. The zero-order chi connectivity index (χ0) is 24.8. The molecule has 0 aliphatic heterocycles. The van der Waals surface area contributed by atoms with E-state index in [4.69, 9.17) is 0 Å². The Morgan fingerprint density at radius 2 is 1.71 bits per heavy atom. The molecule has 3 aromatic rings. The van der Waals surface area contributed by atoms with Crippen molar-refractivity contribution in [1.29, 1.82) is 0 Å². The van der Waals surface area contributed by atoms with Crippen LogP contribution in [0.2, 0.25) is 0 Å². The number of carbonyl (C=O) groups is 1. The summed E-state index contributed by atoms with van der Waals surface area (Å²) in [6.45, 7) is 7.14. The van der Waals surface area contributed by atoms with E-state index in [1.165, 1.54) is 29.2 Å². The number of fused-ring (bicyclic) bond motifs is 1. The van der Waals surface area contributed by atoms with Crippen LogP contribution in [0.4, 0.5) is 4.39 Å². The predicted molar refractivity (Wildman–Crippen MR) is 132 cm³/mol. The van der Waals surface area contributed by atoms with E-state index in [-0.39, 0.29) is 5.91 Å². The first-order valence-corrected chi connectivity index (χ1v) is 13.6. The van der Waals surface area contributed by atoms with Gasteiger partial charge in [-0.1, -0.05) is 24.3 Å². The first-order chi connectivity index (χ1) is 15.8. The highest BCUT2D eigenvalue weighted by Crippen LogP contribution is 2.40. The number of halogens is 1. The molecule has 3 aromatic carbocycles. The SMILES string of the molecule is Cc1cc([C@H](C)[NH2+]C(=O)c2ccc3cc(C4CC4)ccc3c2)c(F)cc1C(C)(C)[NH2+]S(C)(=O)=O. The number of nitrogens with two attached hydrogens (primary N) is 2. The number of amides is 1. The minimum absolute atomic E-state index is 0.146. The van der Waals surface area contributed by atoms with E-state index in [0.717, 1.165) is 22.6 Å². The Balaban J connectivity index is 1.53. The topological polar surface area (TPSA) is 84.4 Å². The first kappa shape index (κ1) is 24.5. The van der Waals surface area contributed by atoms with Crippen molar-refractivity contribution in [3.63, 3.8) is 0 Å². The molecule has 1 saturated carbocycles. The second kappa shape index (κ2) is 8.87. The van der Waals surface area contributed by atoms with Crippen LogP contribution in [0.3, 0.4) is 0 Å². The van der Waals surface area contributed by atoms with Gasteiger partial charge in [0, 0.05) is 11.1 Å². The Kier molecular flexibility index (Phi) is 6.40. The smallest absolute Gasteiger partial charge is 0.273 e. The summed E-state index contributed by atoms with van der Waals surface area (Å²) in [5.74, 6) is 0.0882. The number of hydrogen-bond donors (Lipinski definition) is 2. The van der Waals surface area contributed by atoms with Gasteiger partial charge in [0.15, 0.2) is 0 Å². The molecule has 0 heterocycles. The molecule has 5 nitrogen and oxygen atoms in total. The van der Waals surface area contributed by atoms with E-state index in [0.29, 0.717) is 22.6 Å². The van der Waals surface area contributed by atoms with Crippen molar-refractivity contribution < 1.29 is 27.6 Å². The van der Waals surface area contributed by atoms with Crippen LogP contribution >= 0.6 is 0 Å². The monoisotopic (exact) mass is 484 g/mol. The minimum atomic E-state index is -3.35. The largest absolute Gasteiger partial charge is 0.343 e. The molecule has 4 rings (SSSR count). The lowest BCUT2D eigenvalue weighted by Crippen LogP contribution is -2.95. The normalized spacial score (nSPS) is 15.5. The number of hydrogen-bond acceptors (Lipinski definition) is 3. The summed E-state index contributed by atoms with van der Waals surface area (Å²) in [6.07, 6.45) is 3.63. The first-order valence-electron chi connectivity index (χ1n) is 11.6. The number of rotatable bonds is 7. The highest BCUT2D eigenvalue weighted by Gasteiger charge is 2.32. The van der Waals surface area contributed by atoms with Gasteiger partial charge in [-0.25, -0.2) is 13.9 Å². The van der Waals surface area contributed by atoms with Gasteiger partial charge in [0.2, 0.25) is 0 Å². The van der Waals surface area contributed by atoms with Crippen molar-refractivity contribution in [2.24, 2.45) is 0 Å². The Labute approximate surface area is 200 Å². The molecule has 1 fully saturated rings. The molecule has 1 aliphatic carbocycles. The van der Waals surface area contributed by atoms with Crippen molar-refractivity contribution in [3.05, 3.63) is 82.2 Å². The van der Waals surface area contributed by atoms with E-state index >= 15 is 4.39 Å². The third-order valence-electron chi connectivity index (χ3n) is 6.64. The number of sulfonamides is 1. The number of carbonyl (C=O) groups excluding carboxylic acids is 1. The van der Waals surface area contributed by atoms with Gasteiger partial charge in [-0.3, -0.25) is 5.32 Å². The summed E-state index contributed by atoms with van der Waals surface area (Å²) >= 11 is 0. The Morgan fingerprint density at radius 3 is 2.35 bits per heavy atom. The zero-order valence-corrected chi connectivity index (χ0v) is 21.2. The fourth-order valence-corrected chi connectivity index (χ4v) is 6.04. The van der Waals surface area contributed by atoms with Gasteiger partial charge in [-0.2, -0.15) is 8.42 Å². The van der Waals surface area contributed by atoms with Crippen molar-refractivity contribution >= 4 is 26.7 Å². The predicted octanol–water partition coefficient (Wildman–Crippen LogP) is 3.39. The summed E-state index contributed by atoms with van der Waals surface area (Å²) < 4.78 is 39.9. The average molecular weight is 485 g/mol. The number of aryl methyl sites for hydroxylation is 1. The molecule has 34 heavy (non-hydrogen) atoms. The molecule has 0 unspecified atom stereocenters. The van der Waals surface area contributed by atoms with E-state index in [1.807, 2.05) is 25.1 Å². The molecular weight excluding hydrogens is 451 g/mol. The van der Waals surface area contributed by atoms with Crippen LogP contribution in [0.5, 0.6) is 0 Å². The fourth-order valence-electron chi connectivity index (χ4n) is 4.85. The summed E-state index contributed by atoms with van der Waals surface area (Å²) in [6, 6.07) is 14.8. The van der Waals surface area contributed by atoms with Gasteiger partial charge in [0.1, 0.15) is 17.4 Å². The lowest BCUT2D eigenvalue weighted by molar-refractivity contribution is -0.597. The maximum absolute atomic E-state index is 15.1. The lowest BCUT2D eigenvalue weighted by atomic mass is 9.89. The van der Waals surface area contributed by atoms with E-state index in [1.54, 1.807) is 32.2 Å². The molecule has 1 aliphatic rings. The van der Waals surface area contributed by atoms with Gasteiger partial charge >= 0.3 is 5.91 Å². The summed E-state index contributed by atoms with van der Waals surface area (Å²) in [7, 11) is -3.35. The molecule has 0 saturated heterocycles. The zero-order valence-electron chi connectivity index (χ0n) is 20.4. The highest BCUT2D eigenvalue weighted by molar-refractivity contribution is 7.84. The molecular formula is C27H33FN2O3S+2. The average Bonchev–Trinajstić information content (AvgIpc) is 3.57. The van der Waals surface area contributed by atoms with E-state index < -0.39 is 27.4 Å². The molecule has 1 atom stereocenters. The summed E-state index contributed by atoms with van der Waals surface area (Å²) in [5, 5.41) is 3.69. The number of primary sulfonamides is 1. The summed E-state index contributed by atoms with van der Waals surface area (Å²) in [5.41, 5.74) is 2.91. The lowest BCUT2D eigenvalue weighted by Gasteiger charge is -2.25.